The molecular weight excluding hydrogens is 404 g/mol. The number of halogens is 1. The number of amides is 1. The van der Waals surface area contributed by atoms with Gasteiger partial charge in [0, 0.05) is 24.7 Å². The number of nitrogens with one attached hydrogen (secondary N) is 1. The predicted molar refractivity (Wildman–Crippen MR) is 115 cm³/mol. The fraction of sp³-hybridized carbons (Fsp3) is 0.217. The number of rotatable bonds is 6. The summed E-state index contributed by atoms with van der Waals surface area (Å²) in [7, 11) is 0. The predicted octanol–water partition coefficient (Wildman–Crippen LogP) is 5.34. The fourth-order valence-electron chi connectivity index (χ4n) is 3.02. The van der Waals surface area contributed by atoms with E-state index < -0.39 is 0 Å². The van der Waals surface area contributed by atoms with Gasteiger partial charge >= 0.3 is 0 Å². The first-order chi connectivity index (χ1) is 14.7. The molecule has 1 aromatic heterocycles. The van der Waals surface area contributed by atoms with Crippen LogP contribution in [0.5, 0.6) is 17.4 Å². The van der Waals surface area contributed by atoms with Crippen molar-refractivity contribution in [2.45, 2.75) is 18.9 Å². The molecule has 1 aliphatic rings. The van der Waals surface area contributed by atoms with Crippen molar-refractivity contribution >= 4 is 23.2 Å². The molecule has 0 saturated carbocycles. The third kappa shape index (κ3) is 5.28. The van der Waals surface area contributed by atoms with Crippen molar-refractivity contribution in [1.29, 1.82) is 0 Å². The monoisotopic (exact) mass is 424 g/mol. The second-order valence-corrected chi connectivity index (χ2v) is 7.24. The van der Waals surface area contributed by atoms with Crippen LogP contribution >= 0.6 is 11.6 Å². The Labute approximate surface area is 179 Å². The first kappa shape index (κ1) is 20.2. The Morgan fingerprint density at radius 3 is 2.43 bits per heavy atom. The number of hydrogen-bond acceptors (Lipinski definition) is 5. The number of anilines is 1. The number of ether oxygens (including phenoxy) is 3. The Kier molecular flexibility index (Phi) is 6.47. The van der Waals surface area contributed by atoms with Crippen molar-refractivity contribution in [3.63, 3.8) is 0 Å². The van der Waals surface area contributed by atoms with Gasteiger partial charge in [0.1, 0.15) is 22.6 Å². The first-order valence-corrected chi connectivity index (χ1v) is 10.1. The highest BCUT2D eigenvalue weighted by molar-refractivity contribution is 6.32. The highest BCUT2D eigenvalue weighted by atomic mass is 35.5. The summed E-state index contributed by atoms with van der Waals surface area (Å²) in [6.45, 7) is 1.33. The van der Waals surface area contributed by atoms with Gasteiger partial charge in [-0.3, -0.25) is 4.79 Å². The Bertz CT molecular complexity index is 990. The summed E-state index contributed by atoms with van der Waals surface area (Å²) in [6.07, 6.45) is 3.08. The molecule has 4 rings (SSSR count). The van der Waals surface area contributed by atoms with Gasteiger partial charge in [-0.2, -0.15) is 0 Å². The maximum atomic E-state index is 12.5. The molecule has 0 aliphatic carbocycles. The highest BCUT2D eigenvalue weighted by Crippen LogP contribution is 2.26. The van der Waals surface area contributed by atoms with Gasteiger partial charge in [-0.25, -0.2) is 4.98 Å². The Morgan fingerprint density at radius 1 is 1.03 bits per heavy atom. The number of pyridine rings is 1. The standard InChI is InChI=1S/C23H21ClN2O4/c24-21-14-16(15-25-23(21)30-20-10-12-28-13-11-20)22(27)26-17-6-8-19(9-7-17)29-18-4-2-1-3-5-18/h1-9,14-15,20H,10-13H2,(H,26,27). The number of hydrogen-bond donors (Lipinski definition) is 1. The van der Waals surface area contributed by atoms with Crippen molar-refractivity contribution < 1.29 is 19.0 Å². The zero-order chi connectivity index (χ0) is 20.8. The maximum absolute atomic E-state index is 12.5. The lowest BCUT2D eigenvalue weighted by Crippen LogP contribution is -2.26. The highest BCUT2D eigenvalue weighted by Gasteiger charge is 2.18. The number of para-hydroxylation sites is 1. The molecule has 0 unspecified atom stereocenters. The van der Waals surface area contributed by atoms with Gasteiger partial charge in [-0.1, -0.05) is 29.8 Å². The van der Waals surface area contributed by atoms with Crippen LogP contribution in [0.2, 0.25) is 5.02 Å². The molecule has 154 valence electrons. The van der Waals surface area contributed by atoms with Crippen molar-refractivity contribution in [1.82, 2.24) is 4.98 Å². The third-order valence-electron chi connectivity index (χ3n) is 4.61. The van der Waals surface area contributed by atoms with Crippen molar-refractivity contribution in [2.75, 3.05) is 18.5 Å². The van der Waals surface area contributed by atoms with E-state index in [4.69, 9.17) is 25.8 Å². The molecule has 0 spiro atoms. The molecule has 0 atom stereocenters. The summed E-state index contributed by atoms with van der Waals surface area (Å²) in [5.74, 6) is 1.46. The summed E-state index contributed by atoms with van der Waals surface area (Å²) < 4.78 is 16.9. The smallest absolute Gasteiger partial charge is 0.257 e. The third-order valence-corrected chi connectivity index (χ3v) is 4.88. The Hall–Kier alpha value is -3.09. The topological polar surface area (TPSA) is 69.7 Å². The van der Waals surface area contributed by atoms with Crippen LogP contribution in [0.4, 0.5) is 5.69 Å². The normalized spacial score (nSPS) is 14.2. The average molecular weight is 425 g/mol. The van der Waals surface area contributed by atoms with Crippen LogP contribution in [0.25, 0.3) is 0 Å². The van der Waals surface area contributed by atoms with Crippen LogP contribution in [0.3, 0.4) is 0 Å². The maximum Gasteiger partial charge on any atom is 0.257 e. The van der Waals surface area contributed by atoms with Gasteiger partial charge in [0.05, 0.1) is 18.8 Å². The fourth-order valence-corrected chi connectivity index (χ4v) is 3.23. The van der Waals surface area contributed by atoms with Gasteiger partial charge < -0.3 is 19.5 Å². The molecule has 3 aromatic rings. The first-order valence-electron chi connectivity index (χ1n) is 9.71. The molecule has 2 aromatic carbocycles. The van der Waals surface area contributed by atoms with Crippen LogP contribution < -0.4 is 14.8 Å². The minimum Gasteiger partial charge on any atom is -0.473 e. The molecule has 1 amide bonds. The zero-order valence-corrected chi connectivity index (χ0v) is 17.0. The number of nitrogens with zero attached hydrogens (tertiary/aromatic N) is 1. The summed E-state index contributed by atoms with van der Waals surface area (Å²) in [4.78, 5) is 16.8. The summed E-state index contributed by atoms with van der Waals surface area (Å²) >= 11 is 6.28. The van der Waals surface area contributed by atoms with Gasteiger partial charge in [-0.15, -0.1) is 0 Å². The van der Waals surface area contributed by atoms with E-state index in [9.17, 15) is 4.79 Å². The van der Waals surface area contributed by atoms with Crippen LogP contribution in [0.1, 0.15) is 23.2 Å². The SMILES string of the molecule is O=C(Nc1ccc(Oc2ccccc2)cc1)c1cnc(OC2CCOCC2)c(Cl)c1. The number of carbonyl (C=O) groups is 1. The lowest BCUT2D eigenvalue weighted by atomic mass is 10.1. The summed E-state index contributed by atoms with van der Waals surface area (Å²) in [6, 6.07) is 18.2. The van der Waals surface area contributed by atoms with E-state index in [1.807, 2.05) is 30.3 Å². The molecule has 1 N–H and O–H groups in total. The number of carbonyl (C=O) groups excluding carboxylic acids is 1. The van der Waals surface area contributed by atoms with Crippen LogP contribution in [-0.2, 0) is 4.74 Å². The largest absolute Gasteiger partial charge is 0.473 e. The molecular formula is C23H21ClN2O4. The second kappa shape index (κ2) is 9.61. The van der Waals surface area contributed by atoms with E-state index in [2.05, 4.69) is 10.3 Å². The van der Waals surface area contributed by atoms with E-state index in [0.29, 0.717) is 41.1 Å². The molecule has 30 heavy (non-hydrogen) atoms. The van der Waals surface area contributed by atoms with Crippen molar-refractivity contribution in [2.24, 2.45) is 0 Å². The minimum atomic E-state index is -0.307. The molecule has 0 radical (unpaired) electrons. The van der Waals surface area contributed by atoms with Gasteiger partial charge in [0.15, 0.2) is 0 Å². The molecule has 1 saturated heterocycles. The van der Waals surface area contributed by atoms with Crippen LogP contribution in [0.15, 0.2) is 66.9 Å². The van der Waals surface area contributed by atoms with Gasteiger partial charge in [0.25, 0.3) is 5.91 Å². The quantitative estimate of drug-likeness (QED) is 0.578. The lowest BCUT2D eigenvalue weighted by molar-refractivity contribution is 0.0238. The lowest BCUT2D eigenvalue weighted by Gasteiger charge is -2.23. The minimum absolute atomic E-state index is 0.0278. The average Bonchev–Trinajstić information content (AvgIpc) is 2.78. The molecule has 6 nitrogen and oxygen atoms in total. The van der Waals surface area contributed by atoms with E-state index in [1.54, 1.807) is 30.3 Å². The molecule has 1 fully saturated rings. The zero-order valence-electron chi connectivity index (χ0n) is 16.2. The Morgan fingerprint density at radius 2 is 1.73 bits per heavy atom. The van der Waals surface area contributed by atoms with Crippen LogP contribution in [-0.4, -0.2) is 30.2 Å². The van der Waals surface area contributed by atoms with E-state index >= 15 is 0 Å². The molecule has 2 heterocycles. The van der Waals surface area contributed by atoms with Gasteiger partial charge in [-0.05, 0) is 42.5 Å². The molecule has 7 heteroatoms. The molecule has 0 bridgehead atoms. The van der Waals surface area contributed by atoms with Crippen molar-refractivity contribution in [3.05, 3.63) is 77.4 Å². The van der Waals surface area contributed by atoms with E-state index in [0.717, 1.165) is 18.6 Å². The van der Waals surface area contributed by atoms with E-state index in [1.165, 1.54) is 6.20 Å². The number of benzene rings is 2. The summed E-state index contributed by atoms with van der Waals surface area (Å²) in [5.41, 5.74) is 0.989. The Balaban J connectivity index is 1.36. The van der Waals surface area contributed by atoms with E-state index in [-0.39, 0.29) is 12.0 Å². The van der Waals surface area contributed by atoms with Gasteiger partial charge in [0.2, 0.25) is 5.88 Å². The number of aromatic nitrogens is 1. The molecule has 1 aliphatic heterocycles. The summed E-state index contributed by atoms with van der Waals surface area (Å²) in [5, 5.41) is 3.13. The van der Waals surface area contributed by atoms with Crippen LogP contribution in [0, 0.1) is 0 Å². The second-order valence-electron chi connectivity index (χ2n) is 6.83. The van der Waals surface area contributed by atoms with Crippen molar-refractivity contribution in [3.8, 4) is 17.4 Å².